The summed E-state index contributed by atoms with van der Waals surface area (Å²) in [5.41, 5.74) is 5.49. The van der Waals surface area contributed by atoms with E-state index in [9.17, 15) is 0 Å². The van der Waals surface area contributed by atoms with Crippen LogP contribution in [-0.4, -0.2) is 15.1 Å². The fourth-order valence-electron chi connectivity index (χ4n) is 2.61. The van der Waals surface area contributed by atoms with Gasteiger partial charge in [-0.3, -0.25) is 5.32 Å². The maximum absolute atomic E-state index is 5.65. The lowest BCUT2D eigenvalue weighted by molar-refractivity contribution is 0.298. The van der Waals surface area contributed by atoms with Crippen LogP contribution in [0.25, 0.3) is 0 Å². The first-order valence-electron chi connectivity index (χ1n) is 6.44. The van der Waals surface area contributed by atoms with Crippen LogP contribution in [0.3, 0.4) is 0 Å². The van der Waals surface area contributed by atoms with E-state index < -0.39 is 0 Å². The Morgan fingerprint density at radius 1 is 1.47 bits per heavy atom. The van der Waals surface area contributed by atoms with Crippen molar-refractivity contribution in [2.24, 2.45) is 0 Å². The molecule has 1 saturated carbocycles. The van der Waals surface area contributed by atoms with E-state index in [4.69, 9.17) is 10.3 Å². The molecule has 0 unspecified atom stereocenters. The molecule has 2 aromatic heterocycles. The standard InChI is InChI=1S/C12H17N5OS/c1-8-16-10(17-18-8)12(4-2-3-5-12)15-7-9-6-14-11(13)19-9/h6,15H,2-5,7H2,1H3,(H2,13,14). The van der Waals surface area contributed by atoms with Crippen molar-refractivity contribution in [2.75, 3.05) is 5.73 Å². The molecule has 7 heteroatoms. The molecule has 0 radical (unpaired) electrons. The van der Waals surface area contributed by atoms with Crippen LogP contribution in [0.1, 0.15) is 42.3 Å². The molecule has 1 aliphatic carbocycles. The van der Waals surface area contributed by atoms with E-state index in [1.54, 1.807) is 0 Å². The van der Waals surface area contributed by atoms with Gasteiger partial charge in [0.25, 0.3) is 0 Å². The summed E-state index contributed by atoms with van der Waals surface area (Å²) < 4.78 is 5.13. The van der Waals surface area contributed by atoms with E-state index in [0.717, 1.165) is 30.1 Å². The van der Waals surface area contributed by atoms with Gasteiger partial charge >= 0.3 is 0 Å². The topological polar surface area (TPSA) is 89.9 Å². The van der Waals surface area contributed by atoms with Crippen LogP contribution in [0, 0.1) is 6.92 Å². The summed E-state index contributed by atoms with van der Waals surface area (Å²) in [4.78, 5) is 9.60. The van der Waals surface area contributed by atoms with Crippen LogP contribution in [-0.2, 0) is 12.1 Å². The maximum atomic E-state index is 5.65. The van der Waals surface area contributed by atoms with Crippen LogP contribution in [0.4, 0.5) is 5.13 Å². The summed E-state index contributed by atoms with van der Waals surface area (Å²) >= 11 is 1.51. The number of anilines is 1. The Bertz CT molecular complexity index is 558. The summed E-state index contributed by atoms with van der Waals surface area (Å²) in [7, 11) is 0. The van der Waals surface area contributed by atoms with Crippen LogP contribution in [0.5, 0.6) is 0 Å². The van der Waals surface area contributed by atoms with E-state index in [1.165, 1.54) is 24.2 Å². The molecule has 19 heavy (non-hydrogen) atoms. The molecule has 0 aliphatic heterocycles. The zero-order valence-electron chi connectivity index (χ0n) is 10.8. The van der Waals surface area contributed by atoms with Crippen molar-refractivity contribution in [3.8, 4) is 0 Å². The van der Waals surface area contributed by atoms with Crippen molar-refractivity contribution in [2.45, 2.75) is 44.7 Å². The van der Waals surface area contributed by atoms with Crippen molar-refractivity contribution >= 4 is 16.5 Å². The monoisotopic (exact) mass is 279 g/mol. The number of nitrogens with one attached hydrogen (secondary N) is 1. The number of nitrogens with two attached hydrogens (primary N) is 1. The molecule has 3 N–H and O–H groups in total. The van der Waals surface area contributed by atoms with Gasteiger partial charge in [0, 0.05) is 24.5 Å². The fraction of sp³-hybridized carbons (Fsp3) is 0.583. The first-order valence-corrected chi connectivity index (χ1v) is 7.26. The Kier molecular flexibility index (Phi) is 3.24. The number of thiazole rings is 1. The molecule has 3 rings (SSSR count). The molecule has 6 nitrogen and oxygen atoms in total. The number of nitrogens with zero attached hydrogens (tertiary/aromatic N) is 3. The van der Waals surface area contributed by atoms with Crippen LogP contribution >= 0.6 is 11.3 Å². The lowest BCUT2D eigenvalue weighted by Gasteiger charge is -2.26. The first kappa shape index (κ1) is 12.6. The first-order chi connectivity index (χ1) is 9.18. The van der Waals surface area contributed by atoms with Crippen molar-refractivity contribution in [3.05, 3.63) is 22.8 Å². The average molecular weight is 279 g/mol. The molecule has 1 fully saturated rings. The molecular weight excluding hydrogens is 262 g/mol. The highest BCUT2D eigenvalue weighted by Gasteiger charge is 2.39. The third-order valence-electron chi connectivity index (χ3n) is 3.59. The highest BCUT2D eigenvalue weighted by atomic mass is 32.1. The molecule has 0 atom stereocenters. The van der Waals surface area contributed by atoms with Crippen molar-refractivity contribution in [3.63, 3.8) is 0 Å². The Labute approximate surface area is 115 Å². The Morgan fingerprint density at radius 2 is 2.26 bits per heavy atom. The van der Waals surface area contributed by atoms with Crippen LogP contribution in [0.15, 0.2) is 10.7 Å². The molecule has 0 bridgehead atoms. The van der Waals surface area contributed by atoms with Crippen LogP contribution < -0.4 is 11.1 Å². The molecule has 1 aliphatic rings. The third-order valence-corrected chi connectivity index (χ3v) is 4.41. The molecule has 0 amide bonds. The lowest BCUT2D eigenvalue weighted by atomic mass is 9.96. The highest BCUT2D eigenvalue weighted by Crippen LogP contribution is 2.37. The minimum absolute atomic E-state index is 0.156. The van der Waals surface area contributed by atoms with Gasteiger partial charge in [0.15, 0.2) is 11.0 Å². The number of aromatic nitrogens is 3. The second-order valence-electron chi connectivity index (χ2n) is 4.94. The van der Waals surface area contributed by atoms with Gasteiger partial charge in [-0.05, 0) is 12.8 Å². The van der Waals surface area contributed by atoms with Gasteiger partial charge in [0.1, 0.15) is 0 Å². The molecular formula is C12H17N5OS. The van der Waals surface area contributed by atoms with E-state index in [2.05, 4.69) is 20.4 Å². The van der Waals surface area contributed by atoms with Gasteiger partial charge in [-0.15, -0.1) is 11.3 Å². The van der Waals surface area contributed by atoms with E-state index >= 15 is 0 Å². The van der Waals surface area contributed by atoms with E-state index in [-0.39, 0.29) is 5.54 Å². The van der Waals surface area contributed by atoms with Gasteiger partial charge in [0.05, 0.1) is 5.54 Å². The fourth-order valence-corrected chi connectivity index (χ4v) is 3.24. The predicted octanol–water partition coefficient (Wildman–Crippen LogP) is 1.98. The van der Waals surface area contributed by atoms with Gasteiger partial charge in [0.2, 0.25) is 5.89 Å². The Morgan fingerprint density at radius 3 is 2.84 bits per heavy atom. The number of hydrogen-bond donors (Lipinski definition) is 2. The minimum atomic E-state index is -0.156. The second-order valence-corrected chi connectivity index (χ2v) is 6.09. The maximum Gasteiger partial charge on any atom is 0.223 e. The largest absolute Gasteiger partial charge is 0.375 e. The summed E-state index contributed by atoms with van der Waals surface area (Å²) in [5, 5.41) is 8.29. The number of aryl methyl sites for hydroxylation is 1. The van der Waals surface area contributed by atoms with E-state index in [1.807, 2.05) is 13.1 Å². The Balaban J connectivity index is 1.77. The summed E-state index contributed by atoms with van der Waals surface area (Å²) in [6.07, 6.45) is 6.27. The van der Waals surface area contributed by atoms with Gasteiger partial charge in [-0.2, -0.15) is 4.98 Å². The lowest BCUT2D eigenvalue weighted by Crippen LogP contribution is -2.40. The summed E-state index contributed by atoms with van der Waals surface area (Å²) in [6, 6.07) is 0. The van der Waals surface area contributed by atoms with Crippen molar-refractivity contribution < 1.29 is 4.52 Å². The molecule has 0 saturated heterocycles. The van der Waals surface area contributed by atoms with E-state index in [0.29, 0.717) is 11.0 Å². The average Bonchev–Trinajstić information content (AvgIpc) is 3.08. The number of rotatable bonds is 4. The van der Waals surface area contributed by atoms with Gasteiger partial charge < -0.3 is 10.3 Å². The smallest absolute Gasteiger partial charge is 0.223 e. The van der Waals surface area contributed by atoms with Gasteiger partial charge in [-0.25, -0.2) is 4.98 Å². The molecule has 2 heterocycles. The quantitative estimate of drug-likeness (QED) is 0.889. The van der Waals surface area contributed by atoms with Crippen molar-refractivity contribution in [1.29, 1.82) is 0 Å². The summed E-state index contributed by atoms with van der Waals surface area (Å²) in [5.74, 6) is 1.39. The minimum Gasteiger partial charge on any atom is -0.375 e. The SMILES string of the molecule is Cc1nc(C2(NCc3cnc(N)s3)CCCC2)no1. The molecule has 102 valence electrons. The number of hydrogen-bond acceptors (Lipinski definition) is 7. The zero-order valence-corrected chi connectivity index (χ0v) is 11.7. The molecule has 2 aromatic rings. The van der Waals surface area contributed by atoms with Crippen LogP contribution in [0.2, 0.25) is 0 Å². The predicted molar refractivity (Wildman–Crippen MR) is 72.5 cm³/mol. The van der Waals surface area contributed by atoms with Gasteiger partial charge in [-0.1, -0.05) is 18.0 Å². The molecule has 0 aromatic carbocycles. The Hall–Kier alpha value is -1.47. The highest BCUT2D eigenvalue weighted by molar-refractivity contribution is 7.15. The third kappa shape index (κ3) is 2.48. The number of nitrogen functional groups attached to an aromatic ring is 1. The summed E-state index contributed by atoms with van der Waals surface area (Å²) in [6.45, 7) is 2.56. The van der Waals surface area contributed by atoms with Crippen molar-refractivity contribution in [1.82, 2.24) is 20.4 Å². The molecule has 0 spiro atoms. The second kappa shape index (κ2) is 4.90. The normalized spacial score (nSPS) is 17.9. The zero-order chi connectivity index (χ0) is 13.3.